The number of likely N-dealkylation sites (N-methyl/N-ethyl adjacent to an activating group) is 1. The van der Waals surface area contributed by atoms with Gasteiger partial charge in [-0.1, -0.05) is 6.92 Å². The number of rotatable bonds is 4. The highest BCUT2D eigenvalue weighted by atomic mass is 15.2. The normalized spacial score (nSPS) is 21.3. The molecule has 1 fully saturated rings. The standard InChI is InChI=1S/C9H20N2/c1-4-11(8(2)3)7-9(10)5-6-9/h8H,4-7,10H2,1-3H3. The second kappa shape index (κ2) is 3.11. The van der Waals surface area contributed by atoms with Crippen LogP contribution in [0.15, 0.2) is 0 Å². The van der Waals surface area contributed by atoms with E-state index in [9.17, 15) is 0 Å². The molecule has 1 aliphatic carbocycles. The summed E-state index contributed by atoms with van der Waals surface area (Å²) in [4.78, 5) is 2.44. The van der Waals surface area contributed by atoms with Crippen molar-refractivity contribution < 1.29 is 0 Å². The molecule has 0 unspecified atom stereocenters. The molecule has 2 nitrogen and oxygen atoms in total. The van der Waals surface area contributed by atoms with Gasteiger partial charge in [-0.25, -0.2) is 0 Å². The van der Waals surface area contributed by atoms with E-state index in [-0.39, 0.29) is 5.54 Å². The molecule has 0 atom stereocenters. The third-order valence-corrected chi connectivity index (χ3v) is 2.55. The molecule has 1 saturated carbocycles. The predicted octanol–water partition coefficient (Wildman–Crippen LogP) is 1.21. The molecule has 0 aliphatic heterocycles. The molecule has 2 heteroatoms. The van der Waals surface area contributed by atoms with Crippen LogP contribution in [0.2, 0.25) is 0 Å². The van der Waals surface area contributed by atoms with Crippen molar-refractivity contribution in [3.63, 3.8) is 0 Å². The first-order chi connectivity index (χ1) is 5.07. The number of nitrogens with zero attached hydrogens (tertiary/aromatic N) is 1. The van der Waals surface area contributed by atoms with Crippen LogP contribution in [-0.2, 0) is 0 Å². The molecule has 0 heterocycles. The molecule has 0 bridgehead atoms. The first kappa shape index (κ1) is 9.01. The van der Waals surface area contributed by atoms with Gasteiger partial charge in [-0.3, -0.25) is 4.90 Å². The lowest BCUT2D eigenvalue weighted by Gasteiger charge is -2.27. The zero-order chi connectivity index (χ0) is 8.48. The summed E-state index contributed by atoms with van der Waals surface area (Å²) >= 11 is 0. The molecule has 0 amide bonds. The van der Waals surface area contributed by atoms with Crippen LogP contribution in [0.3, 0.4) is 0 Å². The van der Waals surface area contributed by atoms with Gasteiger partial charge in [-0.05, 0) is 33.2 Å². The van der Waals surface area contributed by atoms with Gasteiger partial charge >= 0.3 is 0 Å². The smallest absolute Gasteiger partial charge is 0.0284 e. The fourth-order valence-corrected chi connectivity index (χ4v) is 1.38. The van der Waals surface area contributed by atoms with Gasteiger partial charge in [0.2, 0.25) is 0 Å². The van der Waals surface area contributed by atoms with E-state index in [0.717, 1.165) is 13.1 Å². The van der Waals surface area contributed by atoms with Crippen molar-refractivity contribution in [1.82, 2.24) is 4.90 Å². The van der Waals surface area contributed by atoms with Crippen LogP contribution < -0.4 is 5.73 Å². The Hall–Kier alpha value is -0.0800. The zero-order valence-electron chi connectivity index (χ0n) is 7.93. The fourth-order valence-electron chi connectivity index (χ4n) is 1.38. The Labute approximate surface area is 69.8 Å². The van der Waals surface area contributed by atoms with Crippen molar-refractivity contribution in [1.29, 1.82) is 0 Å². The van der Waals surface area contributed by atoms with Crippen LogP contribution in [0.5, 0.6) is 0 Å². The molecule has 11 heavy (non-hydrogen) atoms. The van der Waals surface area contributed by atoms with E-state index in [4.69, 9.17) is 5.73 Å². The second-order valence-electron chi connectivity index (χ2n) is 4.02. The molecule has 0 aromatic rings. The molecule has 2 N–H and O–H groups in total. The van der Waals surface area contributed by atoms with Crippen LogP contribution in [0.25, 0.3) is 0 Å². The van der Waals surface area contributed by atoms with Crippen LogP contribution in [0.1, 0.15) is 33.6 Å². The minimum atomic E-state index is 0.181. The summed E-state index contributed by atoms with van der Waals surface area (Å²) < 4.78 is 0. The van der Waals surface area contributed by atoms with Crippen LogP contribution in [-0.4, -0.2) is 29.6 Å². The Kier molecular flexibility index (Phi) is 2.55. The maximum atomic E-state index is 6.02. The van der Waals surface area contributed by atoms with Gasteiger partial charge < -0.3 is 5.73 Å². The van der Waals surface area contributed by atoms with E-state index in [1.165, 1.54) is 12.8 Å². The maximum absolute atomic E-state index is 6.02. The highest BCUT2D eigenvalue weighted by Crippen LogP contribution is 2.33. The molecule has 0 aromatic carbocycles. The summed E-state index contributed by atoms with van der Waals surface area (Å²) in [6.45, 7) is 8.87. The van der Waals surface area contributed by atoms with Gasteiger partial charge in [0.15, 0.2) is 0 Å². The molecule has 0 saturated heterocycles. The van der Waals surface area contributed by atoms with Crippen molar-refractivity contribution in [2.24, 2.45) is 5.73 Å². The third-order valence-electron chi connectivity index (χ3n) is 2.55. The van der Waals surface area contributed by atoms with Gasteiger partial charge in [0.1, 0.15) is 0 Å². The summed E-state index contributed by atoms with van der Waals surface area (Å²) in [6, 6.07) is 0.640. The van der Waals surface area contributed by atoms with E-state index in [2.05, 4.69) is 25.7 Å². The Bertz CT molecular complexity index is 128. The Morgan fingerprint density at radius 1 is 1.45 bits per heavy atom. The van der Waals surface area contributed by atoms with E-state index in [1.807, 2.05) is 0 Å². The van der Waals surface area contributed by atoms with Crippen molar-refractivity contribution in [2.45, 2.75) is 45.2 Å². The van der Waals surface area contributed by atoms with Crippen molar-refractivity contribution >= 4 is 0 Å². The number of hydrogen-bond acceptors (Lipinski definition) is 2. The SMILES string of the molecule is CCN(CC1(N)CC1)C(C)C. The topological polar surface area (TPSA) is 29.3 Å². The van der Waals surface area contributed by atoms with Crippen LogP contribution >= 0.6 is 0 Å². The second-order valence-corrected chi connectivity index (χ2v) is 4.02. The summed E-state index contributed by atoms with van der Waals surface area (Å²) in [5.74, 6) is 0. The monoisotopic (exact) mass is 156 g/mol. The largest absolute Gasteiger partial charge is 0.324 e. The lowest BCUT2D eigenvalue weighted by molar-refractivity contribution is 0.213. The van der Waals surface area contributed by atoms with Gasteiger partial charge in [0.25, 0.3) is 0 Å². The predicted molar refractivity (Wildman–Crippen MR) is 48.5 cm³/mol. The maximum Gasteiger partial charge on any atom is 0.0284 e. The van der Waals surface area contributed by atoms with Gasteiger partial charge in [-0.15, -0.1) is 0 Å². The van der Waals surface area contributed by atoms with E-state index in [1.54, 1.807) is 0 Å². The summed E-state index contributed by atoms with van der Waals surface area (Å²) in [5.41, 5.74) is 6.20. The van der Waals surface area contributed by atoms with Crippen LogP contribution in [0.4, 0.5) is 0 Å². The fraction of sp³-hybridized carbons (Fsp3) is 1.00. The van der Waals surface area contributed by atoms with Crippen molar-refractivity contribution in [3.05, 3.63) is 0 Å². The summed E-state index contributed by atoms with van der Waals surface area (Å²) in [5, 5.41) is 0. The average Bonchev–Trinajstić information content (AvgIpc) is 2.64. The molecule has 0 spiro atoms. The highest BCUT2D eigenvalue weighted by molar-refractivity contribution is 5.01. The number of nitrogens with two attached hydrogens (primary N) is 1. The van der Waals surface area contributed by atoms with Gasteiger partial charge in [0.05, 0.1) is 0 Å². The summed E-state index contributed by atoms with van der Waals surface area (Å²) in [6.07, 6.45) is 2.44. The van der Waals surface area contributed by atoms with Crippen molar-refractivity contribution in [2.75, 3.05) is 13.1 Å². The van der Waals surface area contributed by atoms with E-state index >= 15 is 0 Å². The third kappa shape index (κ3) is 2.46. The van der Waals surface area contributed by atoms with Crippen LogP contribution in [0, 0.1) is 0 Å². The molecular formula is C9H20N2. The Morgan fingerprint density at radius 2 is 2.00 bits per heavy atom. The van der Waals surface area contributed by atoms with Gasteiger partial charge in [-0.2, -0.15) is 0 Å². The van der Waals surface area contributed by atoms with E-state index < -0.39 is 0 Å². The quantitative estimate of drug-likeness (QED) is 0.663. The first-order valence-corrected chi connectivity index (χ1v) is 4.60. The lowest BCUT2D eigenvalue weighted by Crippen LogP contribution is -2.42. The summed E-state index contributed by atoms with van der Waals surface area (Å²) in [7, 11) is 0. The molecular weight excluding hydrogens is 136 g/mol. The highest BCUT2D eigenvalue weighted by Gasteiger charge is 2.39. The first-order valence-electron chi connectivity index (χ1n) is 4.60. The Balaban J connectivity index is 2.31. The minimum Gasteiger partial charge on any atom is -0.324 e. The molecule has 0 radical (unpaired) electrons. The van der Waals surface area contributed by atoms with E-state index in [0.29, 0.717) is 6.04 Å². The molecule has 66 valence electrons. The molecule has 0 aromatic heterocycles. The molecule has 1 aliphatic rings. The average molecular weight is 156 g/mol. The van der Waals surface area contributed by atoms with Crippen molar-refractivity contribution in [3.8, 4) is 0 Å². The minimum absolute atomic E-state index is 0.181. The lowest BCUT2D eigenvalue weighted by atomic mass is 10.2. The zero-order valence-corrected chi connectivity index (χ0v) is 7.93. The van der Waals surface area contributed by atoms with Gasteiger partial charge in [0, 0.05) is 18.1 Å². The molecule has 1 rings (SSSR count). The number of hydrogen-bond donors (Lipinski definition) is 1. The Morgan fingerprint density at radius 3 is 2.27 bits per heavy atom.